The zero-order chi connectivity index (χ0) is 25.4. The van der Waals surface area contributed by atoms with Gasteiger partial charge in [0.2, 0.25) is 10.0 Å². The van der Waals surface area contributed by atoms with E-state index in [1.165, 1.54) is 52.1 Å². The molecule has 2 aromatic carbocycles. The number of carbonyl (C=O) groups is 2. The molecule has 1 heterocycles. The fraction of sp³-hybridized carbons (Fsp3) is 0.154. The van der Waals surface area contributed by atoms with E-state index in [9.17, 15) is 18.0 Å². The van der Waals surface area contributed by atoms with Crippen molar-refractivity contribution in [1.29, 1.82) is 0 Å². The van der Waals surface area contributed by atoms with Crippen molar-refractivity contribution in [2.24, 2.45) is 0 Å². The van der Waals surface area contributed by atoms with Gasteiger partial charge in [0.15, 0.2) is 0 Å². The van der Waals surface area contributed by atoms with E-state index in [4.69, 9.17) is 4.74 Å². The van der Waals surface area contributed by atoms with Gasteiger partial charge in [0, 0.05) is 23.5 Å². The average Bonchev–Trinajstić information content (AvgIpc) is 3.28. The van der Waals surface area contributed by atoms with Gasteiger partial charge in [-0.3, -0.25) is 4.79 Å². The summed E-state index contributed by atoms with van der Waals surface area (Å²) in [7, 11) is -3.78. The molecule has 1 N–H and O–H groups in total. The SMILES string of the molecule is C=CCN(CC=C)S(=O)(=O)c1ccc(C(=O)Nc2cc(-c3ccccc3)sc2C(=O)OCC)cc1. The fourth-order valence-corrected chi connectivity index (χ4v) is 5.65. The lowest BCUT2D eigenvalue weighted by Crippen LogP contribution is -2.31. The minimum absolute atomic E-state index is 0.0480. The monoisotopic (exact) mass is 510 g/mol. The van der Waals surface area contributed by atoms with Gasteiger partial charge in [0.25, 0.3) is 5.91 Å². The summed E-state index contributed by atoms with van der Waals surface area (Å²) < 4.78 is 32.1. The largest absolute Gasteiger partial charge is 0.462 e. The Morgan fingerprint density at radius 1 is 1.03 bits per heavy atom. The second-order valence-electron chi connectivity index (χ2n) is 7.32. The van der Waals surface area contributed by atoms with Gasteiger partial charge in [0.1, 0.15) is 4.88 Å². The van der Waals surface area contributed by atoms with Crippen LogP contribution in [0.2, 0.25) is 0 Å². The predicted octanol–water partition coefficient (Wildman–Crippen LogP) is 5.21. The number of amides is 1. The number of esters is 1. The predicted molar refractivity (Wildman–Crippen MR) is 139 cm³/mol. The van der Waals surface area contributed by atoms with Gasteiger partial charge >= 0.3 is 5.97 Å². The van der Waals surface area contributed by atoms with Crippen LogP contribution in [0.3, 0.4) is 0 Å². The molecule has 1 amide bonds. The molecule has 182 valence electrons. The lowest BCUT2D eigenvalue weighted by molar-refractivity contribution is 0.0533. The third-order valence-electron chi connectivity index (χ3n) is 4.92. The summed E-state index contributed by atoms with van der Waals surface area (Å²) in [4.78, 5) is 26.6. The normalized spacial score (nSPS) is 11.1. The smallest absolute Gasteiger partial charge is 0.350 e. The number of carbonyl (C=O) groups excluding carboxylic acids is 2. The van der Waals surface area contributed by atoms with E-state index in [0.717, 1.165) is 10.4 Å². The van der Waals surface area contributed by atoms with Gasteiger partial charge in [-0.2, -0.15) is 4.31 Å². The van der Waals surface area contributed by atoms with Crippen molar-refractivity contribution >= 4 is 38.9 Å². The average molecular weight is 511 g/mol. The zero-order valence-electron chi connectivity index (χ0n) is 19.3. The van der Waals surface area contributed by atoms with Crippen LogP contribution in [0.15, 0.2) is 90.9 Å². The van der Waals surface area contributed by atoms with E-state index in [1.807, 2.05) is 30.3 Å². The molecule has 0 spiro atoms. The van der Waals surface area contributed by atoms with Gasteiger partial charge < -0.3 is 10.1 Å². The van der Waals surface area contributed by atoms with Crippen molar-refractivity contribution in [1.82, 2.24) is 4.31 Å². The highest BCUT2D eigenvalue weighted by Gasteiger charge is 2.24. The molecule has 3 rings (SSSR count). The van der Waals surface area contributed by atoms with Crippen LogP contribution >= 0.6 is 11.3 Å². The molecule has 0 aliphatic carbocycles. The summed E-state index contributed by atoms with van der Waals surface area (Å²) in [5, 5.41) is 2.76. The number of thiophene rings is 1. The molecule has 0 atom stereocenters. The Balaban J connectivity index is 1.87. The van der Waals surface area contributed by atoms with Crippen LogP contribution in [0.5, 0.6) is 0 Å². The van der Waals surface area contributed by atoms with E-state index in [0.29, 0.717) is 5.69 Å². The van der Waals surface area contributed by atoms with Crippen molar-refractivity contribution in [2.45, 2.75) is 11.8 Å². The molecule has 3 aromatic rings. The third kappa shape index (κ3) is 6.13. The summed E-state index contributed by atoms with van der Waals surface area (Å²) in [5.41, 5.74) is 1.48. The maximum absolute atomic E-state index is 12.9. The second kappa shape index (κ2) is 11.7. The number of hydrogen-bond acceptors (Lipinski definition) is 6. The molecule has 9 heteroatoms. The molecule has 0 aliphatic rings. The van der Waals surface area contributed by atoms with Crippen molar-refractivity contribution in [3.63, 3.8) is 0 Å². The van der Waals surface area contributed by atoms with Crippen molar-refractivity contribution in [3.8, 4) is 10.4 Å². The Bertz CT molecular complexity index is 1300. The van der Waals surface area contributed by atoms with Crippen molar-refractivity contribution < 1.29 is 22.7 Å². The highest BCUT2D eigenvalue weighted by Crippen LogP contribution is 2.35. The van der Waals surface area contributed by atoms with Crippen LogP contribution < -0.4 is 5.32 Å². The van der Waals surface area contributed by atoms with Crippen LogP contribution in [0.25, 0.3) is 10.4 Å². The minimum atomic E-state index is -3.78. The molecule has 0 unspecified atom stereocenters. The van der Waals surface area contributed by atoms with Crippen LogP contribution in [0.1, 0.15) is 27.0 Å². The number of hydrogen-bond donors (Lipinski definition) is 1. The number of benzene rings is 2. The Morgan fingerprint density at radius 2 is 1.66 bits per heavy atom. The first-order chi connectivity index (χ1) is 16.8. The maximum atomic E-state index is 12.9. The third-order valence-corrected chi connectivity index (χ3v) is 7.93. The van der Waals surface area contributed by atoms with Gasteiger partial charge in [-0.1, -0.05) is 42.5 Å². The summed E-state index contributed by atoms with van der Waals surface area (Å²) in [6, 6.07) is 16.8. The van der Waals surface area contributed by atoms with E-state index < -0.39 is 21.9 Å². The lowest BCUT2D eigenvalue weighted by Gasteiger charge is -2.19. The molecule has 0 aliphatic heterocycles. The first-order valence-electron chi connectivity index (χ1n) is 10.8. The summed E-state index contributed by atoms with van der Waals surface area (Å²) in [5.74, 6) is -1.01. The van der Waals surface area contributed by atoms with E-state index >= 15 is 0 Å². The molecular weight excluding hydrogens is 484 g/mol. The molecule has 0 saturated carbocycles. The van der Waals surface area contributed by atoms with Crippen LogP contribution in [0.4, 0.5) is 5.69 Å². The maximum Gasteiger partial charge on any atom is 0.350 e. The number of sulfonamides is 1. The van der Waals surface area contributed by atoms with Gasteiger partial charge in [-0.25, -0.2) is 13.2 Å². The molecule has 7 nitrogen and oxygen atoms in total. The summed E-state index contributed by atoms with van der Waals surface area (Å²) in [6.07, 6.45) is 2.99. The number of nitrogens with one attached hydrogen (secondary N) is 1. The Labute approximate surface area is 209 Å². The Morgan fingerprint density at radius 3 is 2.23 bits per heavy atom. The Kier molecular flexibility index (Phi) is 8.75. The van der Waals surface area contributed by atoms with Crippen LogP contribution in [-0.4, -0.2) is 44.3 Å². The Hall–Kier alpha value is -3.53. The molecule has 35 heavy (non-hydrogen) atoms. The second-order valence-corrected chi connectivity index (χ2v) is 10.3. The molecular formula is C26H26N2O5S2. The molecule has 0 saturated heterocycles. The number of rotatable bonds is 11. The fourth-order valence-electron chi connectivity index (χ4n) is 3.26. The molecule has 0 radical (unpaired) electrons. The number of nitrogens with zero attached hydrogens (tertiary/aromatic N) is 1. The van der Waals surface area contributed by atoms with Crippen molar-refractivity contribution in [3.05, 3.63) is 96.4 Å². The van der Waals surface area contributed by atoms with Gasteiger partial charge in [-0.05, 0) is 42.8 Å². The summed E-state index contributed by atoms with van der Waals surface area (Å²) >= 11 is 1.23. The van der Waals surface area contributed by atoms with E-state index in [2.05, 4.69) is 18.5 Å². The topological polar surface area (TPSA) is 92.8 Å². The molecule has 1 aromatic heterocycles. The zero-order valence-corrected chi connectivity index (χ0v) is 20.9. The molecule has 0 bridgehead atoms. The highest BCUT2D eigenvalue weighted by molar-refractivity contribution is 7.89. The lowest BCUT2D eigenvalue weighted by atomic mass is 10.2. The van der Waals surface area contributed by atoms with Gasteiger partial charge in [-0.15, -0.1) is 24.5 Å². The minimum Gasteiger partial charge on any atom is -0.462 e. The quantitative estimate of drug-likeness (QED) is 0.282. The first kappa shape index (κ1) is 26.1. The molecule has 0 fully saturated rings. The first-order valence-corrected chi connectivity index (χ1v) is 13.1. The van der Waals surface area contributed by atoms with Crippen LogP contribution in [0, 0.1) is 0 Å². The highest BCUT2D eigenvalue weighted by atomic mass is 32.2. The van der Waals surface area contributed by atoms with Crippen LogP contribution in [-0.2, 0) is 14.8 Å². The summed E-state index contributed by atoms with van der Waals surface area (Å²) in [6.45, 7) is 9.37. The number of anilines is 1. The van der Waals surface area contributed by atoms with Gasteiger partial charge in [0.05, 0.1) is 17.2 Å². The van der Waals surface area contributed by atoms with E-state index in [-0.39, 0.29) is 35.0 Å². The number of ether oxygens (including phenoxy) is 1. The van der Waals surface area contributed by atoms with Crippen molar-refractivity contribution in [2.75, 3.05) is 25.0 Å². The standard InChI is InChI=1S/C26H26N2O5S2/c1-4-16-28(17-5-2)35(31,32)21-14-12-20(13-15-21)25(29)27-22-18-23(19-10-8-7-9-11-19)34-24(22)26(30)33-6-3/h4-5,7-15,18H,1-2,6,16-17H2,3H3,(H,27,29). The van der Waals surface area contributed by atoms with E-state index in [1.54, 1.807) is 13.0 Å².